The molecule has 8 heteroatoms. The van der Waals surface area contributed by atoms with E-state index < -0.39 is 0 Å². The third-order valence-electron chi connectivity index (χ3n) is 5.54. The first-order valence-electron chi connectivity index (χ1n) is 10.4. The minimum atomic E-state index is -0.289. The van der Waals surface area contributed by atoms with Gasteiger partial charge < -0.3 is 15.1 Å². The lowest BCUT2D eigenvalue weighted by atomic mass is 10.2. The van der Waals surface area contributed by atoms with Crippen LogP contribution in [-0.2, 0) is 16.1 Å². The summed E-state index contributed by atoms with van der Waals surface area (Å²) in [6, 6.07) is 15.2. The Kier molecular flexibility index (Phi) is 7.62. The zero-order valence-corrected chi connectivity index (χ0v) is 18.4. The van der Waals surface area contributed by atoms with Crippen LogP contribution in [0.15, 0.2) is 48.5 Å². The largest absolute Gasteiger partial charge is 0.356 e. The molecule has 1 heterocycles. The van der Waals surface area contributed by atoms with Gasteiger partial charge in [0, 0.05) is 57.2 Å². The smallest absolute Gasteiger partial charge is 0.260 e. The van der Waals surface area contributed by atoms with Gasteiger partial charge in [-0.2, -0.15) is 0 Å². The molecule has 2 amide bonds. The van der Waals surface area contributed by atoms with Crippen molar-refractivity contribution in [1.82, 2.24) is 14.9 Å². The van der Waals surface area contributed by atoms with Crippen molar-refractivity contribution in [2.45, 2.75) is 13.5 Å². The molecule has 0 bridgehead atoms. The number of hydroxylamine groups is 2. The molecule has 0 saturated carbocycles. The first-order chi connectivity index (χ1) is 14.8. The molecule has 1 fully saturated rings. The quantitative estimate of drug-likeness (QED) is 0.524. The van der Waals surface area contributed by atoms with Crippen LogP contribution in [-0.4, -0.2) is 78.7 Å². The van der Waals surface area contributed by atoms with Crippen molar-refractivity contribution in [2.24, 2.45) is 0 Å². The molecule has 0 aromatic heterocycles. The second-order valence-electron chi connectivity index (χ2n) is 7.98. The lowest BCUT2D eigenvalue weighted by molar-refractivity contribution is -0.169. The van der Waals surface area contributed by atoms with Gasteiger partial charge in [-0.15, -0.1) is 0 Å². The van der Waals surface area contributed by atoms with Crippen molar-refractivity contribution >= 4 is 28.9 Å². The Labute approximate surface area is 183 Å². The van der Waals surface area contributed by atoms with E-state index in [1.807, 2.05) is 48.5 Å². The lowest BCUT2D eigenvalue weighted by Gasteiger charge is -2.32. The van der Waals surface area contributed by atoms with Gasteiger partial charge in [0.15, 0.2) is 0 Å². The summed E-state index contributed by atoms with van der Waals surface area (Å²) in [6.45, 7) is 5.45. The molecule has 2 N–H and O–H groups in total. The van der Waals surface area contributed by atoms with Gasteiger partial charge in [-0.05, 0) is 49.0 Å². The van der Waals surface area contributed by atoms with E-state index in [0.29, 0.717) is 0 Å². The lowest BCUT2D eigenvalue weighted by Crippen LogP contribution is -2.48. The Morgan fingerprint density at radius 1 is 0.968 bits per heavy atom. The number of rotatable bonds is 7. The Bertz CT molecular complexity index is 877. The summed E-state index contributed by atoms with van der Waals surface area (Å²) in [5, 5.41) is 14.3. The monoisotopic (exact) mass is 425 g/mol. The summed E-state index contributed by atoms with van der Waals surface area (Å²) in [6.07, 6.45) is 0. The molecule has 8 nitrogen and oxygen atoms in total. The summed E-state index contributed by atoms with van der Waals surface area (Å²) < 4.78 is 0. The van der Waals surface area contributed by atoms with Crippen LogP contribution in [0.3, 0.4) is 0 Å². The summed E-state index contributed by atoms with van der Waals surface area (Å²) in [7, 11) is 3.81. The van der Waals surface area contributed by atoms with E-state index in [4.69, 9.17) is 0 Å². The average Bonchev–Trinajstić information content (AvgIpc) is 2.76. The molecule has 0 radical (unpaired) electrons. The molecule has 3 rings (SSSR count). The fourth-order valence-electron chi connectivity index (χ4n) is 3.35. The van der Waals surface area contributed by atoms with Crippen LogP contribution in [0.5, 0.6) is 0 Å². The van der Waals surface area contributed by atoms with Crippen LogP contribution in [0, 0.1) is 0 Å². The SMILES string of the molecule is CC(=O)N(C)c1ccc(Nc2ccc(CN(O)C(=O)CN3CCN(C)CC3)cc2)cc1. The maximum Gasteiger partial charge on any atom is 0.260 e. The fraction of sp³-hybridized carbons (Fsp3) is 0.391. The van der Waals surface area contributed by atoms with Crippen molar-refractivity contribution in [3.63, 3.8) is 0 Å². The molecular weight excluding hydrogens is 394 g/mol. The van der Waals surface area contributed by atoms with Gasteiger partial charge in [0.1, 0.15) is 0 Å². The number of hydrogen-bond donors (Lipinski definition) is 2. The molecule has 166 valence electrons. The van der Waals surface area contributed by atoms with E-state index in [9.17, 15) is 14.8 Å². The summed E-state index contributed by atoms with van der Waals surface area (Å²) in [5.41, 5.74) is 3.47. The molecular formula is C23H31N5O3. The standard InChI is InChI=1S/C23H31N5O3/c1-18(29)26(3)22-10-8-21(9-11-22)24-20-6-4-19(5-7-20)16-28(31)23(30)17-27-14-12-25(2)13-15-27/h4-11,24,31H,12-17H2,1-3H3. The zero-order valence-electron chi connectivity index (χ0n) is 18.4. The summed E-state index contributed by atoms with van der Waals surface area (Å²) >= 11 is 0. The maximum absolute atomic E-state index is 12.3. The van der Waals surface area contributed by atoms with E-state index in [-0.39, 0.29) is 24.9 Å². The number of nitrogens with zero attached hydrogens (tertiary/aromatic N) is 4. The predicted octanol–water partition coefficient (Wildman–Crippen LogP) is 2.38. The Balaban J connectivity index is 1.50. The topological polar surface area (TPSA) is 79.4 Å². The molecule has 2 aromatic carbocycles. The van der Waals surface area contributed by atoms with Gasteiger partial charge in [0.25, 0.3) is 5.91 Å². The first kappa shape index (κ1) is 22.7. The molecule has 0 aliphatic carbocycles. The van der Waals surface area contributed by atoms with Crippen molar-refractivity contribution in [3.8, 4) is 0 Å². The molecule has 1 saturated heterocycles. The normalized spacial score (nSPS) is 14.8. The van der Waals surface area contributed by atoms with Crippen molar-refractivity contribution in [1.29, 1.82) is 0 Å². The molecule has 0 atom stereocenters. The number of carbonyl (C=O) groups excluding carboxylic acids is 2. The molecule has 1 aliphatic heterocycles. The number of amides is 2. The number of carbonyl (C=O) groups is 2. The number of likely N-dealkylation sites (N-methyl/N-ethyl adjacent to an activating group) is 1. The van der Waals surface area contributed by atoms with Crippen LogP contribution in [0.2, 0.25) is 0 Å². The second-order valence-corrected chi connectivity index (χ2v) is 7.98. The zero-order chi connectivity index (χ0) is 22.4. The van der Waals surface area contributed by atoms with Gasteiger partial charge >= 0.3 is 0 Å². The number of benzene rings is 2. The third-order valence-corrected chi connectivity index (χ3v) is 5.54. The first-order valence-corrected chi connectivity index (χ1v) is 10.4. The van der Waals surface area contributed by atoms with Crippen LogP contribution < -0.4 is 10.2 Å². The molecule has 0 unspecified atom stereocenters. The maximum atomic E-state index is 12.3. The van der Waals surface area contributed by atoms with Crippen molar-refractivity contribution < 1.29 is 14.8 Å². The minimum absolute atomic E-state index is 0.0174. The highest BCUT2D eigenvalue weighted by atomic mass is 16.5. The Morgan fingerprint density at radius 2 is 1.52 bits per heavy atom. The summed E-state index contributed by atoms with van der Waals surface area (Å²) in [5.74, 6) is -0.307. The van der Waals surface area contributed by atoms with Crippen LogP contribution >= 0.6 is 0 Å². The number of nitrogens with one attached hydrogen (secondary N) is 1. The van der Waals surface area contributed by atoms with Gasteiger partial charge in [0.2, 0.25) is 5.91 Å². The second kappa shape index (κ2) is 10.4. The highest BCUT2D eigenvalue weighted by Crippen LogP contribution is 2.21. The van der Waals surface area contributed by atoms with Crippen molar-refractivity contribution in [3.05, 3.63) is 54.1 Å². The number of piperazine rings is 1. The number of anilines is 3. The average molecular weight is 426 g/mol. The molecule has 0 spiro atoms. The predicted molar refractivity (Wildman–Crippen MR) is 122 cm³/mol. The molecule has 31 heavy (non-hydrogen) atoms. The van der Waals surface area contributed by atoms with Gasteiger partial charge in [-0.3, -0.25) is 19.7 Å². The number of hydrogen-bond acceptors (Lipinski definition) is 6. The van der Waals surface area contributed by atoms with Gasteiger partial charge in [-0.25, -0.2) is 5.06 Å². The van der Waals surface area contributed by atoms with Gasteiger partial charge in [0.05, 0.1) is 13.1 Å². The van der Waals surface area contributed by atoms with E-state index in [1.165, 1.54) is 6.92 Å². The highest BCUT2D eigenvalue weighted by Gasteiger charge is 2.19. The Hall–Kier alpha value is -2.94. The highest BCUT2D eigenvalue weighted by molar-refractivity contribution is 5.91. The molecule has 1 aliphatic rings. The van der Waals surface area contributed by atoms with E-state index >= 15 is 0 Å². The van der Waals surface area contributed by atoms with E-state index in [2.05, 4.69) is 22.2 Å². The molecule has 2 aromatic rings. The van der Waals surface area contributed by atoms with E-state index in [0.717, 1.165) is 53.9 Å². The van der Waals surface area contributed by atoms with Crippen LogP contribution in [0.4, 0.5) is 17.1 Å². The summed E-state index contributed by atoms with van der Waals surface area (Å²) in [4.78, 5) is 29.6. The van der Waals surface area contributed by atoms with Crippen molar-refractivity contribution in [2.75, 3.05) is 57.0 Å². The Morgan fingerprint density at radius 3 is 2.06 bits per heavy atom. The van der Waals surface area contributed by atoms with Gasteiger partial charge in [-0.1, -0.05) is 12.1 Å². The van der Waals surface area contributed by atoms with Crippen LogP contribution in [0.1, 0.15) is 12.5 Å². The third kappa shape index (κ3) is 6.52. The fourth-order valence-corrected chi connectivity index (χ4v) is 3.35. The minimum Gasteiger partial charge on any atom is -0.356 e. The van der Waals surface area contributed by atoms with Crippen LogP contribution in [0.25, 0.3) is 0 Å². The van der Waals surface area contributed by atoms with E-state index in [1.54, 1.807) is 11.9 Å².